The summed E-state index contributed by atoms with van der Waals surface area (Å²) in [7, 11) is 0. The standard InChI is InChI=1S/C13H24O4/c1-3-11-17-13(15)10-8-6-5-7-9-12(14)16-4-2/h3-11H2,1-2H3. The Balaban J connectivity index is 3.23. The zero-order valence-corrected chi connectivity index (χ0v) is 11.0. The van der Waals surface area contributed by atoms with Gasteiger partial charge < -0.3 is 9.47 Å². The molecule has 0 fully saturated rings. The molecular weight excluding hydrogens is 220 g/mol. The molecule has 0 atom stereocenters. The summed E-state index contributed by atoms with van der Waals surface area (Å²) in [4.78, 5) is 22.1. The van der Waals surface area contributed by atoms with Crippen molar-refractivity contribution in [3.63, 3.8) is 0 Å². The second-order valence-electron chi connectivity index (χ2n) is 3.94. The number of carbonyl (C=O) groups excluding carboxylic acids is 2. The minimum absolute atomic E-state index is 0.114. The van der Waals surface area contributed by atoms with Crippen molar-refractivity contribution in [1.82, 2.24) is 0 Å². The highest BCUT2D eigenvalue weighted by molar-refractivity contribution is 5.69. The van der Waals surface area contributed by atoms with Crippen molar-refractivity contribution in [2.45, 2.75) is 58.8 Å². The van der Waals surface area contributed by atoms with E-state index in [9.17, 15) is 9.59 Å². The Kier molecular flexibility index (Phi) is 10.7. The number of unbranched alkanes of at least 4 members (excludes halogenated alkanes) is 3. The van der Waals surface area contributed by atoms with E-state index in [1.165, 1.54) is 0 Å². The van der Waals surface area contributed by atoms with E-state index in [2.05, 4.69) is 0 Å². The first kappa shape index (κ1) is 15.9. The van der Waals surface area contributed by atoms with Gasteiger partial charge in [-0.1, -0.05) is 19.8 Å². The molecule has 0 aliphatic heterocycles. The smallest absolute Gasteiger partial charge is 0.305 e. The third kappa shape index (κ3) is 11.2. The molecule has 0 unspecified atom stereocenters. The van der Waals surface area contributed by atoms with E-state index in [1.807, 2.05) is 6.92 Å². The van der Waals surface area contributed by atoms with E-state index in [0.29, 0.717) is 26.1 Å². The number of ether oxygens (including phenoxy) is 2. The molecule has 0 amide bonds. The Morgan fingerprint density at radius 1 is 0.824 bits per heavy atom. The van der Waals surface area contributed by atoms with Crippen LogP contribution in [0.1, 0.15) is 58.8 Å². The Bertz CT molecular complexity index is 213. The normalized spacial score (nSPS) is 10.0. The predicted octanol–water partition coefficient (Wildman–Crippen LogP) is 2.84. The van der Waals surface area contributed by atoms with E-state index in [-0.39, 0.29) is 11.9 Å². The van der Waals surface area contributed by atoms with Gasteiger partial charge in [0.25, 0.3) is 0 Å². The predicted molar refractivity (Wildman–Crippen MR) is 65.6 cm³/mol. The number of hydrogen-bond acceptors (Lipinski definition) is 4. The summed E-state index contributed by atoms with van der Waals surface area (Å²) in [5.74, 6) is -0.243. The lowest BCUT2D eigenvalue weighted by Crippen LogP contribution is -2.05. The van der Waals surface area contributed by atoms with Crippen molar-refractivity contribution in [2.24, 2.45) is 0 Å². The first-order valence-electron chi connectivity index (χ1n) is 6.52. The molecule has 0 spiro atoms. The highest BCUT2D eigenvalue weighted by atomic mass is 16.5. The van der Waals surface area contributed by atoms with Crippen molar-refractivity contribution in [2.75, 3.05) is 13.2 Å². The van der Waals surface area contributed by atoms with E-state index < -0.39 is 0 Å². The number of carbonyl (C=O) groups is 2. The van der Waals surface area contributed by atoms with Gasteiger partial charge in [-0.25, -0.2) is 0 Å². The number of hydrogen-bond donors (Lipinski definition) is 0. The van der Waals surface area contributed by atoms with Crippen LogP contribution in [0.3, 0.4) is 0 Å². The molecule has 0 aliphatic rings. The molecule has 0 bridgehead atoms. The highest BCUT2D eigenvalue weighted by Gasteiger charge is 2.03. The maximum absolute atomic E-state index is 11.1. The molecule has 17 heavy (non-hydrogen) atoms. The maximum Gasteiger partial charge on any atom is 0.305 e. The van der Waals surface area contributed by atoms with Gasteiger partial charge in [0.05, 0.1) is 13.2 Å². The summed E-state index contributed by atoms with van der Waals surface area (Å²) < 4.78 is 9.77. The summed E-state index contributed by atoms with van der Waals surface area (Å²) in [5.41, 5.74) is 0. The van der Waals surface area contributed by atoms with Crippen LogP contribution in [0.4, 0.5) is 0 Å². The second-order valence-corrected chi connectivity index (χ2v) is 3.94. The minimum atomic E-state index is -0.130. The minimum Gasteiger partial charge on any atom is -0.466 e. The lowest BCUT2D eigenvalue weighted by atomic mass is 10.1. The largest absolute Gasteiger partial charge is 0.466 e. The van der Waals surface area contributed by atoms with Gasteiger partial charge in [0, 0.05) is 12.8 Å². The molecule has 100 valence electrons. The number of rotatable bonds is 10. The maximum atomic E-state index is 11.1. The van der Waals surface area contributed by atoms with Gasteiger partial charge in [0.15, 0.2) is 0 Å². The molecule has 0 aliphatic carbocycles. The zero-order valence-electron chi connectivity index (χ0n) is 11.0. The van der Waals surface area contributed by atoms with Crippen LogP contribution < -0.4 is 0 Å². The molecule has 4 heteroatoms. The number of esters is 2. The van der Waals surface area contributed by atoms with Gasteiger partial charge in [-0.05, 0) is 26.2 Å². The summed E-state index contributed by atoms with van der Waals surface area (Å²) in [5, 5.41) is 0. The van der Waals surface area contributed by atoms with Crippen LogP contribution in [0.2, 0.25) is 0 Å². The van der Waals surface area contributed by atoms with Gasteiger partial charge in [-0.2, -0.15) is 0 Å². The molecule has 0 rings (SSSR count). The third-order valence-electron chi connectivity index (χ3n) is 2.28. The molecule has 0 heterocycles. The average molecular weight is 244 g/mol. The molecule has 0 aromatic carbocycles. The quantitative estimate of drug-likeness (QED) is 0.438. The van der Waals surface area contributed by atoms with Crippen molar-refractivity contribution in [3.8, 4) is 0 Å². The Hall–Kier alpha value is -1.06. The fourth-order valence-corrected chi connectivity index (χ4v) is 1.41. The fraction of sp³-hybridized carbons (Fsp3) is 0.846. The summed E-state index contributed by atoms with van der Waals surface area (Å²) in [6, 6.07) is 0. The molecule has 0 aromatic heterocycles. The lowest BCUT2D eigenvalue weighted by molar-refractivity contribution is -0.144. The van der Waals surface area contributed by atoms with Gasteiger partial charge in [0.1, 0.15) is 0 Å². The SMILES string of the molecule is CCCOC(=O)CCCCCCC(=O)OCC. The molecule has 0 radical (unpaired) electrons. The summed E-state index contributed by atoms with van der Waals surface area (Å²) in [6.45, 7) is 4.74. The van der Waals surface area contributed by atoms with Crippen LogP contribution in [0, 0.1) is 0 Å². The van der Waals surface area contributed by atoms with Crippen LogP contribution in [0.25, 0.3) is 0 Å². The highest BCUT2D eigenvalue weighted by Crippen LogP contribution is 2.07. The summed E-state index contributed by atoms with van der Waals surface area (Å²) in [6.07, 6.45) is 5.42. The topological polar surface area (TPSA) is 52.6 Å². The Morgan fingerprint density at radius 2 is 1.35 bits per heavy atom. The zero-order chi connectivity index (χ0) is 12.9. The van der Waals surface area contributed by atoms with Crippen LogP contribution >= 0.6 is 0 Å². The molecule has 4 nitrogen and oxygen atoms in total. The van der Waals surface area contributed by atoms with E-state index >= 15 is 0 Å². The lowest BCUT2D eigenvalue weighted by Gasteiger charge is -2.03. The third-order valence-corrected chi connectivity index (χ3v) is 2.28. The molecule has 0 saturated carbocycles. The Morgan fingerprint density at radius 3 is 1.82 bits per heavy atom. The van der Waals surface area contributed by atoms with E-state index in [4.69, 9.17) is 9.47 Å². The Labute approximate surface area is 104 Å². The average Bonchev–Trinajstić information content (AvgIpc) is 2.31. The van der Waals surface area contributed by atoms with E-state index in [0.717, 1.165) is 32.1 Å². The first-order chi connectivity index (χ1) is 8.20. The molecule has 0 saturated heterocycles. The van der Waals surface area contributed by atoms with Gasteiger partial charge in [0.2, 0.25) is 0 Å². The van der Waals surface area contributed by atoms with Crippen molar-refractivity contribution < 1.29 is 19.1 Å². The van der Waals surface area contributed by atoms with Crippen molar-refractivity contribution in [1.29, 1.82) is 0 Å². The van der Waals surface area contributed by atoms with Crippen LogP contribution in [-0.2, 0) is 19.1 Å². The van der Waals surface area contributed by atoms with Gasteiger partial charge >= 0.3 is 11.9 Å². The fourth-order valence-electron chi connectivity index (χ4n) is 1.41. The van der Waals surface area contributed by atoms with Crippen LogP contribution in [-0.4, -0.2) is 25.2 Å². The summed E-state index contributed by atoms with van der Waals surface area (Å²) >= 11 is 0. The van der Waals surface area contributed by atoms with Crippen LogP contribution in [0.5, 0.6) is 0 Å². The van der Waals surface area contributed by atoms with Crippen molar-refractivity contribution in [3.05, 3.63) is 0 Å². The molecule has 0 N–H and O–H groups in total. The monoisotopic (exact) mass is 244 g/mol. The van der Waals surface area contributed by atoms with Crippen molar-refractivity contribution >= 4 is 11.9 Å². The van der Waals surface area contributed by atoms with Gasteiger partial charge in [-0.15, -0.1) is 0 Å². The van der Waals surface area contributed by atoms with Crippen LogP contribution in [0.15, 0.2) is 0 Å². The molecular formula is C13H24O4. The van der Waals surface area contributed by atoms with E-state index in [1.54, 1.807) is 6.92 Å². The first-order valence-corrected chi connectivity index (χ1v) is 6.52. The second kappa shape index (κ2) is 11.4. The van der Waals surface area contributed by atoms with Gasteiger partial charge in [-0.3, -0.25) is 9.59 Å². The molecule has 0 aromatic rings.